The van der Waals surface area contributed by atoms with Crippen LogP contribution in [0.1, 0.15) is 11.1 Å². The van der Waals surface area contributed by atoms with E-state index in [2.05, 4.69) is 5.32 Å². The molecule has 2 aromatic rings. The van der Waals surface area contributed by atoms with Crippen LogP contribution in [-0.2, 0) is 30.4 Å². The van der Waals surface area contributed by atoms with Gasteiger partial charge in [0.15, 0.2) is 0 Å². The molecule has 7 nitrogen and oxygen atoms in total. The molecule has 1 aliphatic rings. The number of rotatable bonds is 8. The van der Waals surface area contributed by atoms with Gasteiger partial charge in [0.1, 0.15) is 18.8 Å². The van der Waals surface area contributed by atoms with Crippen molar-refractivity contribution in [2.45, 2.75) is 30.6 Å². The van der Waals surface area contributed by atoms with E-state index in [1.165, 1.54) is 12.1 Å². The number of aryl methyl sites for hydroxylation is 1. The number of hydrogen-bond acceptors (Lipinski definition) is 6. The number of nitrogens with one attached hydrogen (secondary N) is 1. The molecule has 1 aliphatic heterocycles. The van der Waals surface area contributed by atoms with Gasteiger partial charge in [-0.3, -0.25) is 4.18 Å². The SMILES string of the molecule is Cc1ccc(S(=O)(=O)O[C@@H](CNC(=O)OCc2ccccc2)[C@@H]2C=CCO2)cc1. The van der Waals surface area contributed by atoms with Crippen LogP contribution >= 0.6 is 0 Å². The lowest BCUT2D eigenvalue weighted by atomic mass is 10.2. The van der Waals surface area contributed by atoms with Gasteiger partial charge < -0.3 is 14.8 Å². The second-order valence-corrected chi connectivity index (χ2v) is 8.14. The van der Waals surface area contributed by atoms with Crippen LogP contribution in [0.3, 0.4) is 0 Å². The van der Waals surface area contributed by atoms with Crippen LogP contribution < -0.4 is 5.32 Å². The van der Waals surface area contributed by atoms with E-state index in [1.807, 2.05) is 37.3 Å². The van der Waals surface area contributed by atoms with E-state index in [4.69, 9.17) is 13.7 Å². The number of alkyl carbamates (subject to hydrolysis) is 1. The minimum Gasteiger partial charge on any atom is -0.445 e. The van der Waals surface area contributed by atoms with Crippen molar-refractivity contribution in [1.29, 1.82) is 0 Å². The first-order valence-corrected chi connectivity index (χ1v) is 10.6. The lowest BCUT2D eigenvalue weighted by Gasteiger charge is -2.22. The average Bonchev–Trinajstić information content (AvgIpc) is 3.25. The normalized spacial score (nSPS) is 17.1. The molecular formula is C21H23NO6S. The summed E-state index contributed by atoms with van der Waals surface area (Å²) in [6.45, 7) is 2.24. The second-order valence-electron chi connectivity index (χ2n) is 6.57. The van der Waals surface area contributed by atoms with Crippen molar-refractivity contribution in [2.24, 2.45) is 0 Å². The highest BCUT2D eigenvalue weighted by Crippen LogP contribution is 2.19. The first-order valence-electron chi connectivity index (χ1n) is 9.17. The summed E-state index contributed by atoms with van der Waals surface area (Å²) < 4.78 is 41.3. The third-order valence-corrected chi connectivity index (χ3v) is 5.65. The molecule has 0 aromatic heterocycles. The van der Waals surface area contributed by atoms with Gasteiger partial charge in [-0.25, -0.2) is 4.79 Å². The Morgan fingerprint density at radius 3 is 2.55 bits per heavy atom. The third kappa shape index (κ3) is 6.15. The maximum Gasteiger partial charge on any atom is 0.407 e. The van der Waals surface area contributed by atoms with Gasteiger partial charge in [0.05, 0.1) is 18.0 Å². The maximum absolute atomic E-state index is 12.6. The van der Waals surface area contributed by atoms with Gasteiger partial charge in [-0.05, 0) is 24.6 Å². The zero-order chi connectivity index (χ0) is 20.7. The Kier molecular flexibility index (Phi) is 7.03. The number of carbonyl (C=O) groups excluding carboxylic acids is 1. The highest BCUT2D eigenvalue weighted by Gasteiger charge is 2.30. The lowest BCUT2D eigenvalue weighted by Crippen LogP contribution is -2.41. The minimum absolute atomic E-state index is 0.0433. The molecule has 154 valence electrons. The van der Waals surface area contributed by atoms with E-state index in [-0.39, 0.29) is 18.0 Å². The molecule has 1 N–H and O–H groups in total. The van der Waals surface area contributed by atoms with Crippen molar-refractivity contribution in [2.75, 3.05) is 13.2 Å². The van der Waals surface area contributed by atoms with E-state index in [0.717, 1.165) is 11.1 Å². The summed E-state index contributed by atoms with van der Waals surface area (Å²) in [4.78, 5) is 12.1. The molecule has 1 heterocycles. The highest BCUT2D eigenvalue weighted by molar-refractivity contribution is 7.86. The van der Waals surface area contributed by atoms with Crippen molar-refractivity contribution in [3.8, 4) is 0 Å². The molecule has 0 spiro atoms. The Bertz CT molecular complexity index is 941. The summed E-state index contributed by atoms with van der Waals surface area (Å²) in [6, 6.07) is 15.6. The van der Waals surface area contributed by atoms with Crippen LogP contribution in [-0.4, -0.2) is 39.9 Å². The fourth-order valence-corrected chi connectivity index (χ4v) is 3.81. The molecule has 0 saturated carbocycles. The number of hydrogen-bond donors (Lipinski definition) is 1. The zero-order valence-corrected chi connectivity index (χ0v) is 16.8. The zero-order valence-electron chi connectivity index (χ0n) is 16.0. The van der Waals surface area contributed by atoms with E-state index < -0.39 is 28.4 Å². The van der Waals surface area contributed by atoms with Crippen molar-refractivity contribution in [1.82, 2.24) is 5.32 Å². The van der Waals surface area contributed by atoms with Crippen LogP contribution in [0.5, 0.6) is 0 Å². The molecule has 0 unspecified atom stereocenters. The van der Waals surface area contributed by atoms with Gasteiger partial charge in [-0.2, -0.15) is 8.42 Å². The molecule has 8 heteroatoms. The van der Waals surface area contributed by atoms with Crippen molar-refractivity contribution < 1.29 is 26.9 Å². The summed E-state index contributed by atoms with van der Waals surface area (Å²) in [5.74, 6) is 0. The average molecular weight is 417 g/mol. The Labute approximate surface area is 170 Å². The number of benzene rings is 2. The molecule has 29 heavy (non-hydrogen) atoms. The van der Waals surface area contributed by atoms with Crippen molar-refractivity contribution >= 4 is 16.2 Å². The molecule has 3 rings (SSSR count). The van der Waals surface area contributed by atoms with Crippen molar-refractivity contribution in [3.63, 3.8) is 0 Å². The summed E-state index contributed by atoms with van der Waals surface area (Å²) in [5.41, 5.74) is 1.78. The standard InChI is InChI=1S/C21H23NO6S/c1-16-9-11-18(12-10-16)29(24,25)28-20(19-8-5-13-26-19)14-22-21(23)27-15-17-6-3-2-4-7-17/h2-12,19-20H,13-15H2,1H3,(H,22,23)/t19-,20-/m0/s1. The molecule has 2 aromatic carbocycles. The number of amides is 1. The highest BCUT2D eigenvalue weighted by atomic mass is 32.2. The van der Waals surface area contributed by atoms with Crippen molar-refractivity contribution in [3.05, 3.63) is 77.9 Å². The Morgan fingerprint density at radius 2 is 1.90 bits per heavy atom. The van der Waals surface area contributed by atoms with E-state index >= 15 is 0 Å². The van der Waals surface area contributed by atoms with Gasteiger partial charge in [0, 0.05) is 0 Å². The summed E-state index contributed by atoms with van der Waals surface area (Å²) in [5, 5.41) is 2.55. The van der Waals surface area contributed by atoms with Gasteiger partial charge in [-0.1, -0.05) is 60.2 Å². The van der Waals surface area contributed by atoms with Crippen LogP contribution in [0.15, 0.2) is 71.6 Å². The summed E-state index contributed by atoms with van der Waals surface area (Å²) in [6.07, 6.45) is 1.30. The quantitative estimate of drug-likeness (QED) is 0.525. The minimum atomic E-state index is -4.02. The second kappa shape index (κ2) is 9.69. The molecule has 0 aliphatic carbocycles. The van der Waals surface area contributed by atoms with Crippen LogP contribution in [0.25, 0.3) is 0 Å². The first kappa shape index (κ1) is 21.0. The fraction of sp³-hybridized carbons (Fsp3) is 0.286. The molecule has 0 bridgehead atoms. The van der Waals surface area contributed by atoms with Crippen LogP contribution in [0.4, 0.5) is 4.79 Å². The van der Waals surface area contributed by atoms with Gasteiger partial charge >= 0.3 is 6.09 Å². The molecule has 0 saturated heterocycles. The third-order valence-electron chi connectivity index (χ3n) is 4.30. The Morgan fingerprint density at radius 1 is 1.17 bits per heavy atom. The van der Waals surface area contributed by atoms with E-state index in [1.54, 1.807) is 24.3 Å². The van der Waals surface area contributed by atoms with E-state index in [0.29, 0.717) is 6.61 Å². The fourth-order valence-electron chi connectivity index (χ4n) is 2.73. The number of carbonyl (C=O) groups is 1. The largest absolute Gasteiger partial charge is 0.445 e. The summed E-state index contributed by atoms with van der Waals surface area (Å²) >= 11 is 0. The van der Waals surface area contributed by atoms with Crippen LogP contribution in [0, 0.1) is 6.92 Å². The first-order chi connectivity index (χ1) is 13.9. The lowest BCUT2D eigenvalue weighted by molar-refractivity contribution is 0.0302. The van der Waals surface area contributed by atoms with Crippen LogP contribution in [0.2, 0.25) is 0 Å². The summed E-state index contributed by atoms with van der Waals surface area (Å²) in [7, 11) is -4.02. The predicted octanol–water partition coefficient (Wildman–Crippen LogP) is 2.95. The maximum atomic E-state index is 12.6. The monoisotopic (exact) mass is 417 g/mol. The van der Waals surface area contributed by atoms with Gasteiger partial charge in [0.25, 0.3) is 10.1 Å². The molecule has 1 amide bonds. The molecule has 2 atom stereocenters. The molecule has 0 radical (unpaired) electrons. The predicted molar refractivity (Wildman–Crippen MR) is 107 cm³/mol. The Hall–Kier alpha value is -2.68. The Balaban J connectivity index is 1.60. The van der Waals surface area contributed by atoms with E-state index in [9.17, 15) is 13.2 Å². The number of ether oxygens (including phenoxy) is 2. The van der Waals surface area contributed by atoms with Gasteiger partial charge in [-0.15, -0.1) is 0 Å². The molecular weight excluding hydrogens is 394 g/mol. The van der Waals surface area contributed by atoms with Gasteiger partial charge in [0.2, 0.25) is 0 Å². The topological polar surface area (TPSA) is 90.9 Å². The smallest absolute Gasteiger partial charge is 0.407 e. The molecule has 0 fully saturated rings.